The number of aryl methyl sites for hydroxylation is 2. The number of nitrogens with zero attached hydrogens (tertiary/aromatic N) is 5. The highest BCUT2D eigenvalue weighted by atomic mass is 19.4. The van der Waals surface area contributed by atoms with Crippen LogP contribution in [0.15, 0.2) is 36.7 Å². The Morgan fingerprint density at radius 3 is 2.56 bits per heavy atom. The Kier molecular flexibility index (Phi) is 5.18. The van der Waals surface area contributed by atoms with Crippen LogP contribution in [-0.4, -0.2) is 36.7 Å². The van der Waals surface area contributed by atoms with E-state index < -0.39 is 11.7 Å². The third kappa shape index (κ3) is 4.04. The summed E-state index contributed by atoms with van der Waals surface area (Å²) in [6.07, 6.45) is 0.0581. The van der Waals surface area contributed by atoms with Crippen molar-refractivity contribution >= 4 is 28.3 Å². The number of hydrogen-bond donors (Lipinski definition) is 1. The number of imidazole rings is 1. The Morgan fingerprint density at radius 2 is 1.91 bits per heavy atom. The fraction of sp³-hybridized carbons (Fsp3) is 0.333. The highest BCUT2D eigenvalue weighted by molar-refractivity contribution is 5.99. The van der Waals surface area contributed by atoms with E-state index in [9.17, 15) is 18.0 Å². The van der Waals surface area contributed by atoms with Crippen molar-refractivity contribution in [1.29, 1.82) is 0 Å². The quantitative estimate of drug-likeness (QED) is 0.464. The van der Waals surface area contributed by atoms with Crippen molar-refractivity contribution in [1.82, 2.24) is 24.3 Å². The van der Waals surface area contributed by atoms with Crippen LogP contribution in [-0.2, 0) is 12.7 Å². The summed E-state index contributed by atoms with van der Waals surface area (Å²) >= 11 is 0. The average Bonchev–Trinajstić information content (AvgIpc) is 3.51. The highest BCUT2D eigenvalue weighted by Gasteiger charge is 2.32. The molecular weight excluding hydrogens is 445 g/mol. The zero-order valence-corrected chi connectivity index (χ0v) is 18.7. The van der Waals surface area contributed by atoms with E-state index in [1.54, 1.807) is 17.2 Å². The fourth-order valence-corrected chi connectivity index (χ4v) is 4.18. The molecule has 1 aromatic carbocycles. The van der Waals surface area contributed by atoms with Gasteiger partial charge >= 0.3 is 6.18 Å². The number of carbonyl (C=O) groups is 1. The van der Waals surface area contributed by atoms with Gasteiger partial charge in [-0.3, -0.25) is 14.2 Å². The lowest BCUT2D eigenvalue weighted by Gasteiger charge is -2.24. The molecule has 0 atom stereocenters. The maximum atomic E-state index is 13.7. The van der Waals surface area contributed by atoms with Crippen LogP contribution in [0.5, 0.6) is 0 Å². The largest absolute Gasteiger partial charge is 0.417 e. The third-order valence-electron chi connectivity index (χ3n) is 6.20. The minimum absolute atomic E-state index is 0.129. The van der Waals surface area contributed by atoms with Gasteiger partial charge in [-0.25, -0.2) is 9.97 Å². The fourth-order valence-electron chi connectivity index (χ4n) is 4.18. The maximum absolute atomic E-state index is 13.7. The number of pyridine rings is 1. The lowest BCUT2D eigenvalue weighted by Crippen LogP contribution is -2.33. The van der Waals surface area contributed by atoms with Gasteiger partial charge < -0.3 is 10.6 Å². The number of nitrogens with two attached hydrogens (primary N) is 1. The smallest absolute Gasteiger partial charge is 0.382 e. The number of rotatable bonds is 5. The predicted molar refractivity (Wildman–Crippen MR) is 121 cm³/mol. The van der Waals surface area contributed by atoms with Crippen LogP contribution in [0.3, 0.4) is 0 Å². The molecule has 7 nitrogen and oxygen atoms in total. The zero-order chi connectivity index (χ0) is 24.2. The van der Waals surface area contributed by atoms with Crippen LogP contribution in [0.2, 0.25) is 0 Å². The molecule has 4 aromatic rings. The van der Waals surface area contributed by atoms with Crippen LogP contribution in [0.1, 0.15) is 45.8 Å². The second kappa shape index (κ2) is 7.96. The number of halogens is 3. The molecule has 2 N–H and O–H groups in total. The van der Waals surface area contributed by atoms with E-state index in [-0.39, 0.29) is 12.5 Å². The molecule has 1 amide bonds. The normalized spacial score (nSPS) is 14.1. The molecule has 1 aliphatic carbocycles. The molecule has 0 aliphatic heterocycles. The first kappa shape index (κ1) is 22.1. The van der Waals surface area contributed by atoms with Crippen LogP contribution in [0, 0.1) is 19.8 Å². The average molecular weight is 468 g/mol. The molecule has 0 bridgehead atoms. The Balaban J connectivity index is 1.52. The van der Waals surface area contributed by atoms with E-state index in [1.165, 1.54) is 6.07 Å². The van der Waals surface area contributed by atoms with E-state index in [2.05, 4.69) is 15.0 Å². The Bertz CT molecular complexity index is 1410. The summed E-state index contributed by atoms with van der Waals surface area (Å²) in [5.74, 6) is 1.27. The van der Waals surface area contributed by atoms with E-state index in [1.807, 2.05) is 24.3 Å². The second-order valence-electron chi connectivity index (χ2n) is 8.84. The molecule has 34 heavy (non-hydrogen) atoms. The van der Waals surface area contributed by atoms with E-state index in [4.69, 9.17) is 5.73 Å². The first-order valence-corrected chi connectivity index (χ1v) is 11.0. The molecule has 0 saturated heterocycles. The van der Waals surface area contributed by atoms with Gasteiger partial charge in [-0.1, -0.05) is 0 Å². The number of benzene rings is 1. The molecule has 0 unspecified atom stereocenters. The van der Waals surface area contributed by atoms with Gasteiger partial charge in [-0.15, -0.1) is 0 Å². The molecule has 3 aromatic heterocycles. The standard InChI is InChI=1S/C24H23F3N6O/c1-13-7-19-20(33-14(2)29-10-21(33)22(28)31-19)8-18(13)23(34)32(11-15-3-4-15)12-17-6-5-16(9-30-17)24(25,26)27/h5-10,15H,3-4,11-12H2,1-2H3,(H2,28,31). The van der Waals surface area contributed by atoms with Crippen molar-refractivity contribution in [3.05, 3.63) is 64.9 Å². The minimum atomic E-state index is -4.45. The van der Waals surface area contributed by atoms with Crippen molar-refractivity contribution < 1.29 is 18.0 Å². The maximum Gasteiger partial charge on any atom is 0.417 e. The number of carbonyl (C=O) groups excluding carboxylic acids is 1. The summed E-state index contributed by atoms with van der Waals surface area (Å²) in [6.45, 7) is 4.34. The molecule has 0 radical (unpaired) electrons. The molecule has 176 valence electrons. The summed E-state index contributed by atoms with van der Waals surface area (Å²) in [4.78, 5) is 28.1. The van der Waals surface area contributed by atoms with Crippen LogP contribution >= 0.6 is 0 Å². The molecule has 3 heterocycles. The van der Waals surface area contributed by atoms with E-state index >= 15 is 0 Å². The number of aromatic nitrogens is 4. The van der Waals surface area contributed by atoms with Gasteiger partial charge in [0, 0.05) is 18.3 Å². The summed E-state index contributed by atoms with van der Waals surface area (Å²) in [5.41, 5.74) is 8.95. The van der Waals surface area contributed by atoms with E-state index in [0.29, 0.717) is 46.1 Å². The second-order valence-corrected chi connectivity index (χ2v) is 8.84. The first-order valence-electron chi connectivity index (χ1n) is 11.0. The van der Waals surface area contributed by atoms with E-state index in [0.717, 1.165) is 36.5 Å². The van der Waals surface area contributed by atoms with Crippen LogP contribution < -0.4 is 5.73 Å². The first-order chi connectivity index (χ1) is 16.1. The lowest BCUT2D eigenvalue weighted by atomic mass is 10.0. The number of amides is 1. The molecular formula is C24H23F3N6O. The molecule has 10 heteroatoms. The third-order valence-corrected chi connectivity index (χ3v) is 6.20. The molecule has 1 saturated carbocycles. The van der Waals surface area contributed by atoms with Gasteiger partial charge in [0.05, 0.1) is 35.0 Å². The topological polar surface area (TPSA) is 89.4 Å². The van der Waals surface area contributed by atoms with Gasteiger partial charge in [0.15, 0.2) is 0 Å². The van der Waals surface area contributed by atoms with Crippen LogP contribution in [0.25, 0.3) is 16.6 Å². The van der Waals surface area contributed by atoms with Gasteiger partial charge in [-0.05, 0) is 62.4 Å². The van der Waals surface area contributed by atoms with Crippen molar-refractivity contribution in [3.8, 4) is 0 Å². The molecule has 0 spiro atoms. The van der Waals surface area contributed by atoms with Gasteiger partial charge in [0.1, 0.15) is 17.2 Å². The highest BCUT2D eigenvalue weighted by Crippen LogP contribution is 2.32. The number of hydrogen-bond acceptors (Lipinski definition) is 5. The summed E-state index contributed by atoms with van der Waals surface area (Å²) in [6, 6.07) is 5.94. The molecule has 1 fully saturated rings. The van der Waals surface area contributed by atoms with Crippen molar-refractivity contribution in [3.63, 3.8) is 0 Å². The number of nitrogen functional groups attached to an aromatic ring is 1. The Labute approximate surface area is 193 Å². The minimum Gasteiger partial charge on any atom is -0.382 e. The summed E-state index contributed by atoms with van der Waals surface area (Å²) in [5, 5.41) is 0. The van der Waals surface area contributed by atoms with Crippen molar-refractivity contribution in [2.75, 3.05) is 12.3 Å². The molecule has 1 aliphatic rings. The van der Waals surface area contributed by atoms with Crippen molar-refractivity contribution in [2.45, 2.75) is 39.4 Å². The summed E-state index contributed by atoms with van der Waals surface area (Å²) < 4.78 is 40.6. The van der Waals surface area contributed by atoms with Gasteiger partial charge in [0.25, 0.3) is 5.91 Å². The zero-order valence-electron chi connectivity index (χ0n) is 18.7. The number of anilines is 1. The predicted octanol–water partition coefficient (Wildman–Crippen LogP) is 4.55. The Hall–Kier alpha value is -3.69. The van der Waals surface area contributed by atoms with Gasteiger partial charge in [0.2, 0.25) is 0 Å². The Morgan fingerprint density at radius 1 is 1.15 bits per heavy atom. The monoisotopic (exact) mass is 468 g/mol. The SMILES string of the molecule is Cc1cc2nc(N)c3cnc(C)n3c2cc1C(=O)N(Cc1ccc(C(F)(F)F)cn1)CC1CC1. The number of alkyl halides is 3. The number of fused-ring (bicyclic) bond motifs is 3. The van der Waals surface area contributed by atoms with Gasteiger partial charge in [-0.2, -0.15) is 13.2 Å². The lowest BCUT2D eigenvalue weighted by molar-refractivity contribution is -0.137. The van der Waals surface area contributed by atoms with Crippen molar-refractivity contribution in [2.24, 2.45) is 5.92 Å². The van der Waals surface area contributed by atoms with Crippen LogP contribution in [0.4, 0.5) is 19.0 Å². The summed E-state index contributed by atoms with van der Waals surface area (Å²) in [7, 11) is 0. The molecule has 5 rings (SSSR count).